The molecule has 130 valence electrons. The van der Waals surface area contributed by atoms with Crippen molar-refractivity contribution in [1.82, 2.24) is 4.90 Å². The lowest BCUT2D eigenvalue weighted by Gasteiger charge is -2.31. The molecule has 0 aromatic heterocycles. The van der Waals surface area contributed by atoms with Crippen molar-refractivity contribution in [3.05, 3.63) is 64.7 Å². The molecule has 25 heavy (non-hydrogen) atoms. The minimum Gasteiger partial charge on any atom is -0.507 e. The molecule has 1 aliphatic rings. The molecule has 4 heteroatoms. The fourth-order valence-electron chi connectivity index (χ4n) is 3.48. The third-order valence-corrected chi connectivity index (χ3v) is 4.88. The number of phenols is 1. The highest BCUT2D eigenvalue weighted by Crippen LogP contribution is 2.30. The van der Waals surface area contributed by atoms with E-state index in [1.54, 1.807) is 17.9 Å². The average Bonchev–Trinajstić information content (AvgIpc) is 2.64. The van der Waals surface area contributed by atoms with E-state index in [0.29, 0.717) is 37.1 Å². The number of piperidine rings is 1. The van der Waals surface area contributed by atoms with Gasteiger partial charge in [-0.2, -0.15) is 0 Å². The van der Waals surface area contributed by atoms with Gasteiger partial charge in [0.05, 0.1) is 5.56 Å². The number of hydrogen-bond acceptors (Lipinski definition) is 3. The van der Waals surface area contributed by atoms with E-state index < -0.39 is 0 Å². The first-order valence-electron chi connectivity index (χ1n) is 8.66. The Kier molecular flexibility index (Phi) is 4.88. The van der Waals surface area contributed by atoms with Crippen LogP contribution in [-0.2, 0) is 0 Å². The van der Waals surface area contributed by atoms with Crippen LogP contribution in [0.25, 0.3) is 0 Å². The van der Waals surface area contributed by atoms with Gasteiger partial charge in [-0.25, -0.2) is 0 Å². The van der Waals surface area contributed by atoms with E-state index in [2.05, 4.69) is 0 Å². The van der Waals surface area contributed by atoms with Gasteiger partial charge in [-0.15, -0.1) is 0 Å². The molecule has 1 saturated heterocycles. The Hall–Kier alpha value is -2.62. The van der Waals surface area contributed by atoms with Gasteiger partial charge in [-0.1, -0.05) is 24.3 Å². The number of Topliss-reactive ketones (excluding diaryl/α,β-unsaturated/α-hetero) is 1. The van der Waals surface area contributed by atoms with Gasteiger partial charge in [0.2, 0.25) is 0 Å². The highest BCUT2D eigenvalue weighted by atomic mass is 16.3. The van der Waals surface area contributed by atoms with Crippen molar-refractivity contribution in [2.45, 2.75) is 26.7 Å². The summed E-state index contributed by atoms with van der Waals surface area (Å²) in [4.78, 5) is 27.1. The van der Waals surface area contributed by atoms with Crippen molar-refractivity contribution in [3.63, 3.8) is 0 Å². The number of ketones is 1. The molecule has 2 aromatic rings. The summed E-state index contributed by atoms with van der Waals surface area (Å²) in [6, 6.07) is 12.8. The first kappa shape index (κ1) is 17.2. The van der Waals surface area contributed by atoms with Gasteiger partial charge < -0.3 is 10.0 Å². The van der Waals surface area contributed by atoms with Crippen molar-refractivity contribution in [2.24, 2.45) is 5.92 Å². The Bertz CT molecular complexity index is 790. The van der Waals surface area contributed by atoms with E-state index in [1.165, 1.54) is 0 Å². The van der Waals surface area contributed by atoms with E-state index in [1.807, 2.05) is 43.3 Å². The molecule has 1 heterocycles. The van der Waals surface area contributed by atoms with Crippen LogP contribution in [0.5, 0.6) is 5.75 Å². The lowest BCUT2D eigenvalue weighted by molar-refractivity contribution is 0.0649. The van der Waals surface area contributed by atoms with Crippen molar-refractivity contribution in [3.8, 4) is 5.75 Å². The molecule has 3 rings (SSSR count). The van der Waals surface area contributed by atoms with E-state index >= 15 is 0 Å². The molecule has 1 aliphatic heterocycles. The second kappa shape index (κ2) is 7.09. The van der Waals surface area contributed by atoms with Crippen LogP contribution in [0.1, 0.15) is 44.7 Å². The lowest BCUT2D eigenvalue weighted by Crippen LogP contribution is -2.40. The molecule has 0 bridgehead atoms. The Morgan fingerprint density at radius 3 is 2.32 bits per heavy atom. The van der Waals surface area contributed by atoms with E-state index in [9.17, 15) is 14.7 Å². The first-order chi connectivity index (χ1) is 12.0. The zero-order chi connectivity index (χ0) is 18.0. The Labute approximate surface area is 148 Å². The summed E-state index contributed by atoms with van der Waals surface area (Å²) in [5.74, 6) is -0.0674. The fraction of sp³-hybridized carbons (Fsp3) is 0.333. The number of nitrogens with zero attached hydrogens (tertiary/aromatic N) is 1. The van der Waals surface area contributed by atoms with E-state index in [0.717, 1.165) is 11.1 Å². The van der Waals surface area contributed by atoms with Crippen molar-refractivity contribution < 1.29 is 14.7 Å². The predicted octanol–water partition coefficient (Wildman–Crippen LogP) is 3.74. The third kappa shape index (κ3) is 3.58. The molecular formula is C21H23NO3. The number of likely N-dealkylation sites (tertiary alicyclic amines) is 1. The summed E-state index contributed by atoms with van der Waals surface area (Å²) in [5.41, 5.74) is 2.78. The quantitative estimate of drug-likeness (QED) is 0.868. The Morgan fingerprint density at radius 1 is 1.04 bits per heavy atom. The lowest BCUT2D eigenvalue weighted by atomic mass is 9.87. The summed E-state index contributed by atoms with van der Waals surface area (Å²) < 4.78 is 0. The number of benzene rings is 2. The topological polar surface area (TPSA) is 57.6 Å². The molecule has 0 spiro atoms. The molecule has 1 amide bonds. The second-order valence-electron chi connectivity index (χ2n) is 6.77. The summed E-state index contributed by atoms with van der Waals surface area (Å²) in [6.45, 7) is 4.86. The number of aryl methyl sites for hydroxylation is 2. The highest BCUT2D eigenvalue weighted by molar-refractivity contribution is 6.01. The number of rotatable bonds is 3. The Balaban J connectivity index is 1.68. The zero-order valence-corrected chi connectivity index (χ0v) is 14.7. The summed E-state index contributed by atoms with van der Waals surface area (Å²) in [5, 5.41) is 10.2. The van der Waals surface area contributed by atoms with Crippen LogP contribution >= 0.6 is 0 Å². The van der Waals surface area contributed by atoms with Gasteiger partial charge in [-0.05, 0) is 56.0 Å². The van der Waals surface area contributed by atoms with Crippen molar-refractivity contribution in [1.29, 1.82) is 0 Å². The number of carbonyl (C=O) groups excluding carboxylic acids is 2. The first-order valence-corrected chi connectivity index (χ1v) is 8.66. The predicted molar refractivity (Wildman–Crippen MR) is 97.0 cm³/mol. The van der Waals surface area contributed by atoms with E-state index in [4.69, 9.17) is 0 Å². The maximum Gasteiger partial charge on any atom is 0.253 e. The van der Waals surface area contributed by atoms with Crippen LogP contribution in [0.2, 0.25) is 0 Å². The van der Waals surface area contributed by atoms with Gasteiger partial charge in [0.15, 0.2) is 5.78 Å². The van der Waals surface area contributed by atoms with Gasteiger partial charge in [-0.3, -0.25) is 9.59 Å². The highest BCUT2D eigenvalue weighted by Gasteiger charge is 2.29. The molecule has 1 N–H and O–H groups in total. The largest absolute Gasteiger partial charge is 0.507 e. The molecule has 2 aromatic carbocycles. The minimum atomic E-state index is -0.146. The minimum absolute atomic E-state index is 0.0146. The van der Waals surface area contributed by atoms with Crippen LogP contribution in [-0.4, -0.2) is 34.8 Å². The maximum atomic E-state index is 12.8. The second-order valence-corrected chi connectivity index (χ2v) is 6.77. The van der Waals surface area contributed by atoms with Gasteiger partial charge >= 0.3 is 0 Å². The van der Waals surface area contributed by atoms with Crippen LogP contribution in [0.4, 0.5) is 0 Å². The SMILES string of the molecule is Cc1cc(C)c(O)c(C(=O)C2CCN(C(=O)c3ccccc3)CC2)c1. The normalized spacial score (nSPS) is 15.2. The summed E-state index contributed by atoms with van der Waals surface area (Å²) in [7, 11) is 0. The van der Waals surface area contributed by atoms with Crippen LogP contribution in [0.15, 0.2) is 42.5 Å². The third-order valence-electron chi connectivity index (χ3n) is 4.88. The van der Waals surface area contributed by atoms with Crippen molar-refractivity contribution in [2.75, 3.05) is 13.1 Å². The monoisotopic (exact) mass is 337 g/mol. The fourth-order valence-corrected chi connectivity index (χ4v) is 3.48. The number of aromatic hydroxyl groups is 1. The molecule has 0 unspecified atom stereocenters. The van der Waals surface area contributed by atoms with Crippen LogP contribution in [0, 0.1) is 19.8 Å². The van der Waals surface area contributed by atoms with Crippen LogP contribution in [0.3, 0.4) is 0 Å². The zero-order valence-electron chi connectivity index (χ0n) is 14.7. The molecule has 1 fully saturated rings. The molecule has 0 aliphatic carbocycles. The Morgan fingerprint density at radius 2 is 1.68 bits per heavy atom. The smallest absolute Gasteiger partial charge is 0.253 e. The van der Waals surface area contributed by atoms with Gasteiger partial charge in [0.1, 0.15) is 5.75 Å². The molecule has 0 radical (unpaired) electrons. The summed E-state index contributed by atoms with van der Waals surface area (Å²) >= 11 is 0. The number of hydrogen-bond donors (Lipinski definition) is 1. The molecular weight excluding hydrogens is 314 g/mol. The number of carbonyl (C=O) groups is 2. The maximum absolute atomic E-state index is 12.8. The standard InChI is InChI=1S/C21H23NO3/c1-14-12-15(2)19(23)18(13-14)20(24)16-8-10-22(11-9-16)21(25)17-6-4-3-5-7-17/h3-7,12-13,16,23H,8-11H2,1-2H3. The van der Waals surface area contributed by atoms with Gasteiger partial charge in [0, 0.05) is 24.6 Å². The number of phenolic OH excluding ortho intramolecular Hbond substituents is 1. The molecule has 0 saturated carbocycles. The average molecular weight is 337 g/mol. The van der Waals surface area contributed by atoms with Gasteiger partial charge in [0.25, 0.3) is 5.91 Å². The molecule has 4 nitrogen and oxygen atoms in total. The van der Waals surface area contributed by atoms with Crippen LogP contribution < -0.4 is 0 Å². The van der Waals surface area contributed by atoms with E-state index in [-0.39, 0.29) is 23.4 Å². The van der Waals surface area contributed by atoms with Crippen molar-refractivity contribution >= 4 is 11.7 Å². The summed E-state index contributed by atoms with van der Waals surface area (Å²) in [6.07, 6.45) is 1.26. The number of amides is 1. The molecule has 0 atom stereocenters.